The number of hydrogen-bond acceptors (Lipinski definition) is 9. The van der Waals surface area contributed by atoms with Gasteiger partial charge >= 0.3 is 12.1 Å². The van der Waals surface area contributed by atoms with Gasteiger partial charge in [0.2, 0.25) is 9.84 Å². The van der Waals surface area contributed by atoms with Crippen LogP contribution in [0.5, 0.6) is 0 Å². The van der Waals surface area contributed by atoms with Gasteiger partial charge in [0.1, 0.15) is 5.84 Å². The Morgan fingerprint density at radius 1 is 1.20 bits per heavy atom. The number of aryl methyl sites for hydroxylation is 1. The molecule has 4 aromatic rings. The molecule has 0 spiro atoms. The van der Waals surface area contributed by atoms with Gasteiger partial charge in [-0.3, -0.25) is 0 Å². The first-order valence-electron chi connectivity index (χ1n) is 11.6. The molecule has 2 aromatic heterocycles. The number of benzene rings is 2. The van der Waals surface area contributed by atoms with Gasteiger partial charge in [0, 0.05) is 18.5 Å². The predicted molar refractivity (Wildman–Crippen MR) is 152 cm³/mol. The van der Waals surface area contributed by atoms with Crippen molar-refractivity contribution in [2.24, 2.45) is 10.7 Å². The Hall–Kier alpha value is -4.28. The molecule has 0 atom stereocenters. The highest BCUT2D eigenvalue weighted by molar-refractivity contribution is 8.01. The summed E-state index contributed by atoms with van der Waals surface area (Å²) < 4.78 is 27.9. The number of anilines is 1. The number of carboxylic acid groups (broad SMARTS) is 1. The van der Waals surface area contributed by atoms with Crippen LogP contribution < -0.4 is 16.4 Å². The van der Waals surface area contributed by atoms with Crippen LogP contribution in [0.4, 0.5) is 15.3 Å². The highest BCUT2D eigenvalue weighted by Crippen LogP contribution is 2.39. The van der Waals surface area contributed by atoms with Crippen LogP contribution in [0, 0.1) is 6.92 Å². The molecule has 0 bridgehead atoms. The molecule has 2 aromatic carbocycles. The Morgan fingerprint density at radius 3 is 2.67 bits per heavy atom. The summed E-state index contributed by atoms with van der Waals surface area (Å²) in [5, 5.41) is 28.0. The lowest BCUT2D eigenvalue weighted by molar-refractivity contribution is 0.205. The van der Waals surface area contributed by atoms with E-state index in [-0.39, 0.29) is 27.0 Å². The van der Waals surface area contributed by atoms with Crippen molar-refractivity contribution >= 4 is 56.6 Å². The third kappa shape index (κ3) is 6.47. The number of aliphatic imine (C=N–C) groups is 1. The van der Waals surface area contributed by atoms with Gasteiger partial charge in [0.05, 0.1) is 24.6 Å². The maximum Gasteiger partial charge on any atom is 0.433 e. The molecule has 16 heteroatoms. The number of carbonyl (C=O) groups is 2. The number of hydrogen-bond donors (Lipinski definition) is 5. The number of rotatable bonds is 9. The van der Waals surface area contributed by atoms with Gasteiger partial charge in [-0.15, -0.1) is 33.3 Å². The first-order valence-corrected chi connectivity index (χ1v) is 15.1. The second-order valence-corrected chi connectivity index (χ2v) is 12.3. The van der Waals surface area contributed by atoms with Crippen molar-refractivity contribution < 1.29 is 23.1 Å². The summed E-state index contributed by atoms with van der Waals surface area (Å²) in [6.07, 6.45) is 0.631. The number of sulfone groups is 1. The second-order valence-electron chi connectivity index (χ2n) is 8.23. The molecular formula is C24H24N8O5S3. The number of nitrogens with one attached hydrogen (secondary N) is 3. The van der Waals surface area contributed by atoms with Crippen molar-refractivity contribution in [3.05, 3.63) is 64.8 Å². The van der Waals surface area contributed by atoms with Crippen LogP contribution in [0.2, 0.25) is 0 Å². The molecule has 13 nitrogen and oxygen atoms in total. The first-order chi connectivity index (χ1) is 19.1. The lowest BCUT2D eigenvalue weighted by Gasteiger charge is -2.15. The molecule has 0 aliphatic carbocycles. The van der Waals surface area contributed by atoms with Crippen LogP contribution in [0.3, 0.4) is 0 Å². The molecule has 0 unspecified atom stereocenters. The molecule has 40 heavy (non-hydrogen) atoms. The molecule has 0 radical (unpaired) electrons. The van der Waals surface area contributed by atoms with Gasteiger partial charge in [0.25, 0.3) is 0 Å². The second kappa shape index (κ2) is 12.3. The van der Waals surface area contributed by atoms with E-state index in [4.69, 9.17) is 10.8 Å². The molecule has 3 amide bonds. The summed E-state index contributed by atoms with van der Waals surface area (Å²) in [5.41, 5.74) is 8.31. The SMILES string of the molecule is CSc1sc(/C(N)=N\C(=O)O)cc1S(=O)(=O)c1cccc(-c2c(C)cccc2NC(=O)NCCc2nn[nH]n2)c1. The molecule has 6 N–H and O–H groups in total. The van der Waals surface area contributed by atoms with E-state index in [1.165, 1.54) is 30.0 Å². The Morgan fingerprint density at radius 2 is 1.98 bits per heavy atom. The Balaban J connectivity index is 1.64. The van der Waals surface area contributed by atoms with Gasteiger partial charge in [-0.25, -0.2) is 18.0 Å². The van der Waals surface area contributed by atoms with Gasteiger partial charge in [0.15, 0.2) is 5.82 Å². The number of aromatic amines is 1. The fourth-order valence-corrected chi connectivity index (χ4v) is 7.76. The molecule has 2 heterocycles. The van der Waals surface area contributed by atoms with E-state index in [0.717, 1.165) is 16.9 Å². The number of tetrazole rings is 1. The lowest BCUT2D eigenvalue weighted by Crippen LogP contribution is -2.30. The quantitative estimate of drug-likeness (QED) is 0.107. The molecule has 4 rings (SSSR count). The summed E-state index contributed by atoms with van der Waals surface area (Å²) in [6.45, 7) is 2.14. The predicted octanol–water partition coefficient (Wildman–Crippen LogP) is 3.54. The number of nitrogens with zero attached hydrogens (tertiary/aromatic N) is 4. The van der Waals surface area contributed by atoms with E-state index in [1.54, 1.807) is 30.5 Å². The van der Waals surface area contributed by atoms with E-state index < -0.39 is 22.0 Å². The summed E-state index contributed by atoms with van der Waals surface area (Å²) >= 11 is 2.25. The van der Waals surface area contributed by atoms with Crippen LogP contribution in [-0.4, -0.2) is 64.9 Å². The zero-order chi connectivity index (χ0) is 28.9. The maximum absolute atomic E-state index is 13.7. The number of urea groups is 1. The van der Waals surface area contributed by atoms with Crippen molar-refractivity contribution in [1.82, 2.24) is 25.9 Å². The number of carbonyl (C=O) groups excluding carboxylic acids is 1. The van der Waals surface area contributed by atoms with Crippen molar-refractivity contribution in [1.29, 1.82) is 0 Å². The topological polar surface area (TPSA) is 205 Å². The molecule has 0 aliphatic heterocycles. The summed E-state index contributed by atoms with van der Waals surface area (Å²) in [5.74, 6) is 0.183. The molecule has 0 saturated heterocycles. The fraction of sp³-hybridized carbons (Fsp3) is 0.167. The van der Waals surface area contributed by atoms with Gasteiger partial charge < -0.3 is 21.5 Å². The largest absolute Gasteiger partial charge is 0.463 e. The molecular weight excluding hydrogens is 577 g/mol. The highest BCUT2D eigenvalue weighted by Gasteiger charge is 2.26. The van der Waals surface area contributed by atoms with Gasteiger partial charge in [-0.05, 0) is 48.6 Å². The number of H-pyrrole nitrogens is 1. The number of amides is 3. The monoisotopic (exact) mass is 600 g/mol. The minimum atomic E-state index is -4.02. The van der Waals surface area contributed by atoms with Crippen LogP contribution in [-0.2, 0) is 16.3 Å². The molecule has 0 saturated carbocycles. The van der Waals surface area contributed by atoms with Crippen LogP contribution in [0.25, 0.3) is 11.1 Å². The van der Waals surface area contributed by atoms with Crippen molar-refractivity contribution in [3.63, 3.8) is 0 Å². The fourth-order valence-electron chi connectivity index (χ4n) is 3.82. The Kier molecular flexibility index (Phi) is 8.81. The first kappa shape index (κ1) is 28.7. The number of aromatic nitrogens is 4. The van der Waals surface area contributed by atoms with E-state index in [2.05, 4.69) is 36.3 Å². The third-order valence-corrected chi connectivity index (χ3v) is 9.91. The van der Waals surface area contributed by atoms with Gasteiger partial charge in [-0.2, -0.15) is 10.2 Å². The van der Waals surface area contributed by atoms with Crippen LogP contribution in [0.15, 0.2) is 67.5 Å². The maximum atomic E-state index is 13.7. The van der Waals surface area contributed by atoms with Crippen LogP contribution in [0.1, 0.15) is 16.3 Å². The third-order valence-electron chi connectivity index (χ3n) is 5.59. The Bertz CT molecular complexity index is 1680. The van der Waals surface area contributed by atoms with E-state index in [0.29, 0.717) is 33.3 Å². The summed E-state index contributed by atoms with van der Waals surface area (Å²) in [7, 11) is -4.02. The highest BCUT2D eigenvalue weighted by atomic mass is 32.2. The van der Waals surface area contributed by atoms with E-state index in [1.807, 2.05) is 13.0 Å². The average molecular weight is 601 g/mol. The van der Waals surface area contributed by atoms with Crippen LogP contribution >= 0.6 is 23.1 Å². The van der Waals surface area contributed by atoms with E-state index >= 15 is 0 Å². The van der Waals surface area contributed by atoms with E-state index in [9.17, 15) is 18.0 Å². The average Bonchev–Trinajstić information content (AvgIpc) is 3.59. The minimum Gasteiger partial charge on any atom is -0.463 e. The lowest BCUT2D eigenvalue weighted by atomic mass is 9.98. The number of thioether (sulfide) groups is 1. The zero-order valence-corrected chi connectivity index (χ0v) is 23.7. The van der Waals surface area contributed by atoms with Crippen molar-refractivity contribution in [2.75, 3.05) is 18.1 Å². The molecule has 0 fully saturated rings. The summed E-state index contributed by atoms with van der Waals surface area (Å²) in [6, 6.07) is 12.6. The number of amidine groups is 1. The smallest absolute Gasteiger partial charge is 0.433 e. The Labute approximate surface area is 237 Å². The molecule has 208 valence electrons. The molecule has 0 aliphatic rings. The van der Waals surface area contributed by atoms with Crippen molar-refractivity contribution in [3.8, 4) is 11.1 Å². The standard InChI is InChI=1S/C24H24N8O5S3/c1-13-5-3-8-16(27-23(33)26-10-9-19-29-31-32-30-19)20(13)14-6-4-7-15(11-14)40(36,37)18-12-17(39-22(18)38-2)21(25)28-24(34)35/h3-8,11-12H,9-10H2,1-2H3,(H2,25,28)(H,34,35)(H2,26,27,33)(H,29,30,31,32). The summed E-state index contributed by atoms with van der Waals surface area (Å²) in [4.78, 5) is 27.1. The minimum absolute atomic E-state index is 0.00444. The normalized spacial score (nSPS) is 11.8. The van der Waals surface area contributed by atoms with Crippen molar-refractivity contribution in [2.45, 2.75) is 27.3 Å². The zero-order valence-electron chi connectivity index (χ0n) is 21.2. The number of thiophene rings is 1. The van der Waals surface area contributed by atoms with Gasteiger partial charge in [-0.1, -0.05) is 29.5 Å². The number of nitrogens with two attached hydrogens (primary N) is 1.